The van der Waals surface area contributed by atoms with Gasteiger partial charge in [0.2, 0.25) is 0 Å². The number of benzene rings is 1. The van der Waals surface area contributed by atoms with E-state index in [1.54, 1.807) is 7.11 Å². The van der Waals surface area contributed by atoms with E-state index in [9.17, 15) is 0 Å². The van der Waals surface area contributed by atoms with Crippen LogP contribution in [0.3, 0.4) is 0 Å². The number of hydrogen-bond acceptors (Lipinski definition) is 3. The molecule has 0 atom stereocenters. The van der Waals surface area contributed by atoms with Gasteiger partial charge < -0.3 is 19.9 Å². The minimum Gasteiger partial charge on any atom is -0.385 e. The van der Waals surface area contributed by atoms with Crippen molar-refractivity contribution in [3.8, 4) is 0 Å². The number of aliphatic imine (C=N–C) groups is 1. The summed E-state index contributed by atoms with van der Waals surface area (Å²) in [6.07, 6.45) is 9.87. The molecular formula is C23H36IN5O. The molecule has 30 heavy (non-hydrogen) atoms. The average Bonchev–Trinajstić information content (AvgIpc) is 3.17. The molecule has 0 bridgehead atoms. The van der Waals surface area contributed by atoms with Crippen molar-refractivity contribution < 1.29 is 4.74 Å². The van der Waals surface area contributed by atoms with Gasteiger partial charge in [0, 0.05) is 45.7 Å². The number of guanidine groups is 1. The van der Waals surface area contributed by atoms with E-state index in [-0.39, 0.29) is 24.0 Å². The molecule has 1 fully saturated rings. The summed E-state index contributed by atoms with van der Waals surface area (Å²) in [4.78, 5) is 9.31. The third kappa shape index (κ3) is 7.27. The monoisotopic (exact) mass is 525 g/mol. The van der Waals surface area contributed by atoms with E-state index >= 15 is 0 Å². The second-order valence-electron chi connectivity index (χ2n) is 7.92. The van der Waals surface area contributed by atoms with Gasteiger partial charge in [-0.1, -0.05) is 36.8 Å². The molecule has 0 amide bonds. The normalized spacial score (nSPS) is 15.2. The molecular weight excluding hydrogens is 489 g/mol. The molecule has 2 aromatic rings. The highest BCUT2D eigenvalue weighted by atomic mass is 127. The zero-order valence-corrected chi connectivity index (χ0v) is 20.6. The smallest absolute Gasteiger partial charge is 0.191 e. The summed E-state index contributed by atoms with van der Waals surface area (Å²) >= 11 is 0. The van der Waals surface area contributed by atoms with Crippen LogP contribution >= 0.6 is 24.0 Å². The minimum atomic E-state index is 0. The van der Waals surface area contributed by atoms with Crippen molar-refractivity contribution in [3.63, 3.8) is 0 Å². The SMILES string of the molecule is CCNC(=NCc1nccn1CCc1ccccc1)NCC1(CCOC)CCC1.I. The lowest BCUT2D eigenvalue weighted by Gasteiger charge is -2.42. The topological polar surface area (TPSA) is 63.5 Å². The van der Waals surface area contributed by atoms with Gasteiger partial charge in [-0.05, 0) is 43.6 Å². The van der Waals surface area contributed by atoms with Gasteiger partial charge in [-0.25, -0.2) is 9.98 Å². The van der Waals surface area contributed by atoms with Gasteiger partial charge in [-0.3, -0.25) is 0 Å². The molecule has 166 valence electrons. The Balaban J connectivity index is 0.00000320. The van der Waals surface area contributed by atoms with Gasteiger partial charge in [0.1, 0.15) is 12.4 Å². The van der Waals surface area contributed by atoms with Crippen LogP contribution in [0.15, 0.2) is 47.7 Å². The quantitative estimate of drug-likeness (QED) is 0.265. The molecule has 0 aliphatic heterocycles. The van der Waals surface area contributed by atoms with Gasteiger partial charge in [0.05, 0.1) is 0 Å². The third-order valence-electron chi connectivity index (χ3n) is 5.89. The number of halogens is 1. The van der Waals surface area contributed by atoms with Crippen molar-refractivity contribution in [2.45, 2.75) is 52.1 Å². The fourth-order valence-corrected chi connectivity index (χ4v) is 3.86. The molecule has 0 saturated heterocycles. The molecule has 1 saturated carbocycles. The standard InChI is InChI=1S/C23H35N5O.HI/c1-3-24-22(27-19-23(11-7-12-23)13-17-29-2)26-18-21-25-14-16-28(21)15-10-20-8-5-4-6-9-20;/h4-6,8-9,14,16H,3,7,10-13,15,17-19H2,1-2H3,(H2,24,26,27);1H. The fourth-order valence-electron chi connectivity index (χ4n) is 3.86. The summed E-state index contributed by atoms with van der Waals surface area (Å²) in [5, 5.41) is 6.93. The maximum Gasteiger partial charge on any atom is 0.191 e. The molecule has 0 spiro atoms. The Morgan fingerprint density at radius 2 is 2.03 bits per heavy atom. The van der Waals surface area contributed by atoms with Crippen molar-refractivity contribution in [1.82, 2.24) is 20.2 Å². The van der Waals surface area contributed by atoms with Crippen molar-refractivity contribution in [1.29, 1.82) is 0 Å². The Morgan fingerprint density at radius 1 is 1.23 bits per heavy atom. The Morgan fingerprint density at radius 3 is 2.70 bits per heavy atom. The van der Waals surface area contributed by atoms with Crippen LogP contribution < -0.4 is 10.6 Å². The highest BCUT2D eigenvalue weighted by Gasteiger charge is 2.36. The van der Waals surface area contributed by atoms with Crippen molar-refractivity contribution >= 4 is 29.9 Å². The van der Waals surface area contributed by atoms with Crippen molar-refractivity contribution in [3.05, 3.63) is 54.1 Å². The average molecular weight is 525 g/mol. The van der Waals surface area contributed by atoms with E-state index in [4.69, 9.17) is 9.73 Å². The molecule has 1 aliphatic carbocycles. The van der Waals surface area contributed by atoms with Gasteiger partial charge in [0.25, 0.3) is 0 Å². The summed E-state index contributed by atoms with van der Waals surface area (Å²) < 4.78 is 7.51. The zero-order chi connectivity index (χ0) is 20.4. The molecule has 1 heterocycles. The summed E-state index contributed by atoms with van der Waals surface area (Å²) in [6.45, 7) is 6.21. The van der Waals surface area contributed by atoms with Crippen LogP contribution in [0.2, 0.25) is 0 Å². The second-order valence-corrected chi connectivity index (χ2v) is 7.92. The molecule has 6 nitrogen and oxygen atoms in total. The summed E-state index contributed by atoms with van der Waals surface area (Å²) in [5.74, 6) is 1.87. The lowest BCUT2D eigenvalue weighted by molar-refractivity contribution is 0.0732. The van der Waals surface area contributed by atoms with Crippen LogP contribution in [0.1, 0.15) is 44.0 Å². The summed E-state index contributed by atoms with van der Waals surface area (Å²) in [7, 11) is 1.78. The number of imidazole rings is 1. The summed E-state index contributed by atoms with van der Waals surface area (Å²) in [6, 6.07) is 10.6. The van der Waals surface area contributed by atoms with Crippen LogP contribution in [0.5, 0.6) is 0 Å². The highest BCUT2D eigenvalue weighted by molar-refractivity contribution is 14.0. The van der Waals surface area contributed by atoms with Crippen LogP contribution in [-0.2, 0) is 24.2 Å². The first-order chi connectivity index (χ1) is 14.2. The van der Waals surface area contributed by atoms with E-state index in [1.165, 1.54) is 24.8 Å². The molecule has 1 aromatic heterocycles. The van der Waals surface area contributed by atoms with Crippen LogP contribution in [0.25, 0.3) is 0 Å². The molecule has 0 radical (unpaired) electrons. The first-order valence-electron chi connectivity index (χ1n) is 10.8. The number of aromatic nitrogens is 2. The lowest BCUT2D eigenvalue weighted by Crippen LogP contribution is -2.47. The van der Waals surface area contributed by atoms with Gasteiger partial charge in [-0.2, -0.15) is 0 Å². The number of nitrogens with zero attached hydrogens (tertiary/aromatic N) is 3. The number of ether oxygens (including phenoxy) is 1. The molecule has 0 unspecified atom stereocenters. The van der Waals surface area contributed by atoms with Gasteiger partial charge in [0.15, 0.2) is 5.96 Å². The van der Waals surface area contributed by atoms with Gasteiger partial charge >= 0.3 is 0 Å². The fraction of sp³-hybridized carbons (Fsp3) is 0.565. The maximum atomic E-state index is 5.31. The number of nitrogens with one attached hydrogen (secondary N) is 2. The molecule has 2 N–H and O–H groups in total. The predicted molar refractivity (Wildman–Crippen MR) is 133 cm³/mol. The van der Waals surface area contributed by atoms with E-state index in [2.05, 4.69) is 57.4 Å². The Hall–Kier alpha value is -1.61. The Labute approximate surface area is 197 Å². The number of hydrogen-bond donors (Lipinski definition) is 2. The first kappa shape index (κ1) is 24.7. The molecule has 1 aliphatic rings. The molecule has 1 aromatic carbocycles. The number of methoxy groups -OCH3 is 1. The molecule has 3 rings (SSSR count). The number of aryl methyl sites for hydroxylation is 2. The maximum absolute atomic E-state index is 5.31. The Kier molecular flexibility index (Phi) is 10.6. The Bertz CT molecular complexity index is 758. The zero-order valence-electron chi connectivity index (χ0n) is 18.3. The van der Waals surface area contributed by atoms with Crippen molar-refractivity contribution in [2.75, 3.05) is 26.8 Å². The van der Waals surface area contributed by atoms with Crippen molar-refractivity contribution in [2.24, 2.45) is 10.4 Å². The van der Waals surface area contributed by atoms with E-state index < -0.39 is 0 Å². The second kappa shape index (κ2) is 12.9. The number of rotatable bonds is 11. The van der Waals surface area contributed by atoms with Crippen LogP contribution in [0, 0.1) is 5.41 Å². The van der Waals surface area contributed by atoms with E-state index in [0.717, 1.165) is 50.9 Å². The molecule has 7 heteroatoms. The lowest BCUT2D eigenvalue weighted by atomic mass is 9.67. The van der Waals surface area contributed by atoms with Gasteiger partial charge in [-0.15, -0.1) is 24.0 Å². The predicted octanol–water partition coefficient (Wildman–Crippen LogP) is 4.01. The van der Waals surface area contributed by atoms with E-state index in [0.29, 0.717) is 12.0 Å². The van der Waals surface area contributed by atoms with Crippen LogP contribution in [-0.4, -0.2) is 42.3 Å². The first-order valence-corrected chi connectivity index (χ1v) is 10.8. The summed E-state index contributed by atoms with van der Waals surface area (Å²) in [5.41, 5.74) is 1.70. The third-order valence-corrected chi connectivity index (χ3v) is 5.89. The largest absolute Gasteiger partial charge is 0.385 e. The van der Waals surface area contributed by atoms with Crippen LogP contribution in [0.4, 0.5) is 0 Å². The highest BCUT2D eigenvalue weighted by Crippen LogP contribution is 2.43. The van der Waals surface area contributed by atoms with E-state index in [1.807, 2.05) is 12.4 Å². The minimum absolute atomic E-state index is 0.